The zero-order valence-corrected chi connectivity index (χ0v) is 16.9. The maximum absolute atomic E-state index is 13.8. The van der Waals surface area contributed by atoms with Crippen molar-refractivity contribution in [2.24, 2.45) is 10.9 Å². The first-order chi connectivity index (χ1) is 14.3. The molecule has 1 heterocycles. The summed E-state index contributed by atoms with van der Waals surface area (Å²) in [7, 11) is 0. The number of nitrogens with zero attached hydrogens (tertiary/aromatic N) is 1. The number of aliphatic imine (C=N–C) groups is 1. The van der Waals surface area contributed by atoms with Gasteiger partial charge in [-0.05, 0) is 38.3 Å². The van der Waals surface area contributed by atoms with Crippen molar-refractivity contribution < 1.29 is 32.2 Å². The van der Waals surface area contributed by atoms with Crippen molar-refractivity contribution in [3.8, 4) is 0 Å². The van der Waals surface area contributed by atoms with Crippen LogP contribution in [0.4, 0.5) is 13.2 Å². The third-order valence-electron chi connectivity index (χ3n) is 5.37. The van der Waals surface area contributed by atoms with Crippen LogP contribution in [0.2, 0.25) is 0 Å². The normalized spacial score (nSPS) is 21.9. The van der Waals surface area contributed by atoms with Gasteiger partial charge < -0.3 is 9.47 Å². The van der Waals surface area contributed by atoms with Crippen LogP contribution in [-0.4, -0.2) is 37.3 Å². The highest BCUT2D eigenvalue weighted by atomic mass is 19.4. The molecule has 0 N–H and O–H groups in total. The van der Waals surface area contributed by atoms with E-state index in [9.17, 15) is 22.8 Å². The van der Waals surface area contributed by atoms with Crippen LogP contribution in [-0.2, 0) is 25.2 Å². The summed E-state index contributed by atoms with van der Waals surface area (Å²) < 4.78 is 51.8. The number of carbonyl (C=O) groups excluding carboxylic acids is 2. The zero-order valence-electron chi connectivity index (χ0n) is 16.9. The molecule has 1 aliphatic heterocycles. The predicted octanol–water partition coefficient (Wildman–Crippen LogP) is 4.47. The number of halogens is 3. The molecule has 1 aromatic rings. The molecule has 3 rings (SSSR count). The lowest BCUT2D eigenvalue weighted by Crippen LogP contribution is -2.38. The first-order valence-corrected chi connectivity index (χ1v) is 9.97. The monoisotopic (exact) mass is 423 g/mol. The second kappa shape index (κ2) is 9.12. The second-order valence-electron chi connectivity index (χ2n) is 7.30. The van der Waals surface area contributed by atoms with Crippen LogP contribution in [0.3, 0.4) is 0 Å². The van der Waals surface area contributed by atoms with E-state index < -0.39 is 29.5 Å². The summed E-state index contributed by atoms with van der Waals surface area (Å²) >= 11 is 0. The van der Waals surface area contributed by atoms with E-state index in [-0.39, 0.29) is 36.6 Å². The Labute approximate surface area is 173 Å². The lowest BCUT2D eigenvalue weighted by molar-refractivity contribution is -0.149. The SMILES string of the molecule is CCOCCOC(=O)C1C(C)=NC2=C(C(=O)CCC2)[C@H]1c1ccccc1C(F)(F)F. The van der Waals surface area contributed by atoms with E-state index in [0.717, 1.165) is 6.07 Å². The zero-order chi connectivity index (χ0) is 21.9. The topological polar surface area (TPSA) is 65.0 Å². The quantitative estimate of drug-likeness (QED) is 0.500. The Hall–Kier alpha value is -2.48. The van der Waals surface area contributed by atoms with Crippen molar-refractivity contribution >= 4 is 17.5 Å². The van der Waals surface area contributed by atoms with Gasteiger partial charge in [0.15, 0.2) is 5.78 Å². The molecule has 0 fully saturated rings. The van der Waals surface area contributed by atoms with Gasteiger partial charge in [0.25, 0.3) is 0 Å². The van der Waals surface area contributed by atoms with Crippen molar-refractivity contribution in [1.29, 1.82) is 0 Å². The summed E-state index contributed by atoms with van der Waals surface area (Å²) in [6, 6.07) is 5.08. The molecule has 1 aromatic carbocycles. The molecule has 2 atom stereocenters. The lowest BCUT2D eigenvalue weighted by atomic mass is 9.70. The summed E-state index contributed by atoms with van der Waals surface area (Å²) in [5.41, 5.74) is 0.0713. The molecule has 1 unspecified atom stereocenters. The fourth-order valence-corrected chi connectivity index (χ4v) is 4.11. The number of Topliss-reactive ketones (excluding diaryl/α,β-unsaturated/α-hetero) is 1. The molecular weight excluding hydrogens is 399 g/mol. The fourth-order valence-electron chi connectivity index (χ4n) is 4.11. The molecular formula is C22H24F3NO4. The summed E-state index contributed by atoms with van der Waals surface area (Å²) in [5, 5.41) is 0. The molecule has 162 valence electrons. The van der Waals surface area contributed by atoms with Crippen LogP contribution < -0.4 is 0 Å². The number of hydrogen-bond donors (Lipinski definition) is 0. The Morgan fingerprint density at radius 3 is 2.63 bits per heavy atom. The average molecular weight is 423 g/mol. The number of allylic oxidation sites excluding steroid dienone is 2. The number of alkyl halides is 3. The maximum Gasteiger partial charge on any atom is 0.416 e. The number of benzene rings is 1. The van der Waals surface area contributed by atoms with Gasteiger partial charge >= 0.3 is 12.1 Å². The lowest BCUT2D eigenvalue weighted by Gasteiger charge is -2.35. The predicted molar refractivity (Wildman–Crippen MR) is 104 cm³/mol. The third kappa shape index (κ3) is 4.48. The van der Waals surface area contributed by atoms with E-state index in [0.29, 0.717) is 30.9 Å². The van der Waals surface area contributed by atoms with Crippen LogP contribution in [0.25, 0.3) is 0 Å². The van der Waals surface area contributed by atoms with Crippen LogP contribution in [0.1, 0.15) is 50.2 Å². The molecule has 0 amide bonds. The van der Waals surface area contributed by atoms with E-state index in [1.54, 1.807) is 13.8 Å². The van der Waals surface area contributed by atoms with Crippen molar-refractivity contribution in [3.05, 3.63) is 46.7 Å². The molecule has 8 heteroatoms. The number of esters is 1. The summed E-state index contributed by atoms with van der Waals surface area (Å²) in [6.45, 7) is 4.01. The summed E-state index contributed by atoms with van der Waals surface area (Å²) in [4.78, 5) is 30.1. The van der Waals surface area contributed by atoms with E-state index in [2.05, 4.69) is 4.99 Å². The number of ketones is 1. The summed E-state index contributed by atoms with van der Waals surface area (Å²) in [5.74, 6) is -3.15. The Bertz CT molecular complexity index is 889. The molecule has 30 heavy (non-hydrogen) atoms. The minimum Gasteiger partial charge on any atom is -0.463 e. The van der Waals surface area contributed by atoms with Crippen LogP contribution in [0, 0.1) is 5.92 Å². The van der Waals surface area contributed by atoms with E-state index >= 15 is 0 Å². The van der Waals surface area contributed by atoms with Gasteiger partial charge in [0.2, 0.25) is 0 Å². The number of rotatable bonds is 6. The molecule has 5 nitrogen and oxygen atoms in total. The van der Waals surface area contributed by atoms with Crippen molar-refractivity contribution in [2.45, 2.75) is 45.2 Å². The van der Waals surface area contributed by atoms with Crippen molar-refractivity contribution in [3.63, 3.8) is 0 Å². The minimum absolute atomic E-state index is 0.0239. The molecule has 0 radical (unpaired) electrons. The smallest absolute Gasteiger partial charge is 0.416 e. The number of hydrogen-bond acceptors (Lipinski definition) is 5. The first kappa shape index (κ1) is 22.2. The second-order valence-corrected chi connectivity index (χ2v) is 7.30. The Balaban J connectivity index is 2.09. The van der Waals surface area contributed by atoms with Gasteiger partial charge in [0.1, 0.15) is 12.5 Å². The Kier molecular flexibility index (Phi) is 6.75. The Morgan fingerprint density at radius 2 is 1.93 bits per heavy atom. The molecule has 1 aliphatic carbocycles. The van der Waals surface area contributed by atoms with Gasteiger partial charge in [-0.1, -0.05) is 18.2 Å². The van der Waals surface area contributed by atoms with E-state index in [4.69, 9.17) is 9.47 Å². The molecule has 2 aliphatic rings. The van der Waals surface area contributed by atoms with Gasteiger partial charge in [0, 0.05) is 35.9 Å². The van der Waals surface area contributed by atoms with E-state index in [1.165, 1.54) is 18.2 Å². The number of carbonyl (C=O) groups is 2. The highest BCUT2D eigenvalue weighted by molar-refractivity contribution is 6.08. The molecule has 0 bridgehead atoms. The standard InChI is InChI=1S/C22H24F3NO4/c1-3-29-11-12-30-21(28)18-13(2)26-16-9-6-10-17(27)20(16)19(18)14-7-4-5-8-15(14)22(23,24)25/h4-5,7-8,18-19H,3,6,9-12H2,1-2H3/t18?,19-/m0/s1. The van der Waals surface area contributed by atoms with Crippen molar-refractivity contribution in [2.75, 3.05) is 19.8 Å². The van der Waals surface area contributed by atoms with E-state index in [1.807, 2.05) is 0 Å². The highest BCUT2D eigenvalue weighted by Gasteiger charge is 2.46. The Morgan fingerprint density at radius 1 is 1.20 bits per heavy atom. The molecule has 0 spiro atoms. The summed E-state index contributed by atoms with van der Waals surface area (Å²) in [6.07, 6.45) is -3.31. The molecule has 0 saturated carbocycles. The third-order valence-corrected chi connectivity index (χ3v) is 5.37. The first-order valence-electron chi connectivity index (χ1n) is 9.97. The van der Waals surface area contributed by atoms with Crippen LogP contribution in [0.5, 0.6) is 0 Å². The largest absolute Gasteiger partial charge is 0.463 e. The van der Waals surface area contributed by atoms with Gasteiger partial charge in [-0.15, -0.1) is 0 Å². The van der Waals surface area contributed by atoms with Crippen molar-refractivity contribution in [1.82, 2.24) is 0 Å². The maximum atomic E-state index is 13.8. The van der Waals surface area contributed by atoms with Gasteiger partial charge in [-0.3, -0.25) is 14.6 Å². The molecule has 0 aromatic heterocycles. The fraction of sp³-hybridized carbons (Fsp3) is 0.500. The average Bonchev–Trinajstić information content (AvgIpc) is 2.69. The minimum atomic E-state index is -4.62. The van der Waals surface area contributed by atoms with Gasteiger partial charge in [-0.2, -0.15) is 13.2 Å². The number of ether oxygens (including phenoxy) is 2. The van der Waals surface area contributed by atoms with Crippen LogP contribution >= 0.6 is 0 Å². The molecule has 0 saturated heterocycles. The highest BCUT2D eigenvalue weighted by Crippen LogP contribution is 2.47. The van der Waals surface area contributed by atoms with Gasteiger partial charge in [-0.25, -0.2) is 0 Å². The van der Waals surface area contributed by atoms with Crippen LogP contribution in [0.15, 0.2) is 40.5 Å². The van der Waals surface area contributed by atoms with Gasteiger partial charge in [0.05, 0.1) is 12.2 Å².